The number of carbonyl (C=O) groups is 1. The fourth-order valence-electron chi connectivity index (χ4n) is 2.29. The molecule has 4 nitrogen and oxygen atoms in total. The molecule has 1 heterocycles. The van der Waals surface area contributed by atoms with Gasteiger partial charge in [0.2, 0.25) is 5.91 Å². The van der Waals surface area contributed by atoms with Crippen LogP contribution in [-0.4, -0.2) is 17.4 Å². The van der Waals surface area contributed by atoms with Gasteiger partial charge in [-0.05, 0) is 29.9 Å². The number of hydrogen-bond acceptors (Lipinski definition) is 3. The summed E-state index contributed by atoms with van der Waals surface area (Å²) in [5.74, 6) is -0.112. The van der Waals surface area contributed by atoms with E-state index in [2.05, 4.69) is 38.0 Å². The maximum atomic E-state index is 12.2. The van der Waals surface area contributed by atoms with Crippen molar-refractivity contribution in [2.75, 3.05) is 6.54 Å². The monoisotopic (exact) mass is 277 g/mol. The third kappa shape index (κ3) is 5.29. The van der Waals surface area contributed by atoms with Crippen LogP contribution in [0.1, 0.15) is 45.4 Å². The molecule has 20 heavy (non-hydrogen) atoms. The van der Waals surface area contributed by atoms with E-state index in [-0.39, 0.29) is 17.2 Å². The molecule has 0 aliphatic rings. The van der Waals surface area contributed by atoms with Crippen LogP contribution < -0.4 is 11.1 Å². The molecule has 0 spiro atoms. The summed E-state index contributed by atoms with van der Waals surface area (Å²) in [4.78, 5) is 16.5. The summed E-state index contributed by atoms with van der Waals surface area (Å²) in [6, 6.07) is 3.97. The van der Waals surface area contributed by atoms with E-state index in [1.54, 1.807) is 6.20 Å². The fraction of sp³-hybridized carbons (Fsp3) is 0.625. The largest absolute Gasteiger partial charge is 0.350 e. The molecule has 1 amide bonds. The Morgan fingerprint density at radius 1 is 1.45 bits per heavy atom. The molecule has 112 valence electrons. The normalized spacial score (nSPS) is 13.1. The van der Waals surface area contributed by atoms with Crippen molar-refractivity contribution in [3.63, 3.8) is 0 Å². The van der Waals surface area contributed by atoms with Crippen molar-refractivity contribution in [1.82, 2.24) is 10.3 Å². The summed E-state index contributed by atoms with van der Waals surface area (Å²) in [5.41, 5.74) is 7.94. The van der Waals surface area contributed by atoms with E-state index < -0.39 is 0 Å². The second-order valence-corrected chi connectivity index (χ2v) is 6.38. The minimum absolute atomic E-state index is 0.0233. The molecule has 4 heteroatoms. The molecule has 0 radical (unpaired) electrons. The zero-order valence-corrected chi connectivity index (χ0v) is 13.1. The van der Waals surface area contributed by atoms with Crippen molar-refractivity contribution in [1.29, 1.82) is 0 Å². The Morgan fingerprint density at radius 2 is 2.15 bits per heavy atom. The fourth-order valence-corrected chi connectivity index (χ4v) is 2.29. The highest BCUT2D eigenvalue weighted by Gasteiger charge is 2.23. The molecule has 3 N–H and O–H groups in total. The first-order valence-corrected chi connectivity index (χ1v) is 7.28. The minimum atomic E-state index is -0.135. The molecule has 0 fully saturated rings. The molecule has 0 aliphatic heterocycles. The lowest BCUT2D eigenvalue weighted by Crippen LogP contribution is -2.37. The van der Waals surface area contributed by atoms with Crippen molar-refractivity contribution >= 4 is 5.91 Å². The van der Waals surface area contributed by atoms with Gasteiger partial charge in [0.05, 0.1) is 18.2 Å². The van der Waals surface area contributed by atoms with Gasteiger partial charge in [-0.2, -0.15) is 0 Å². The highest BCUT2D eigenvalue weighted by Crippen LogP contribution is 2.24. The van der Waals surface area contributed by atoms with Crippen LogP contribution in [0.4, 0.5) is 0 Å². The predicted octanol–water partition coefficient (Wildman–Crippen LogP) is 2.27. The van der Waals surface area contributed by atoms with Crippen molar-refractivity contribution in [2.24, 2.45) is 17.1 Å². The number of hydrogen-bond donors (Lipinski definition) is 2. The van der Waals surface area contributed by atoms with Crippen molar-refractivity contribution in [2.45, 2.75) is 47.1 Å². The first-order chi connectivity index (χ1) is 9.37. The van der Waals surface area contributed by atoms with Crippen LogP contribution in [0.5, 0.6) is 0 Å². The molecule has 0 aromatic carbocycles. The van der Waals surface area contributed by atoms with Crippen molar-refractivity contribution in [3.05, 3.63) is 29.6 Å². The van der Waals surface area contributed by atoms with E-state index in [4.69, 9.17) is 5.73 Å². The Kier molecular flexibility index (Phi) is 6.14. The molecule has 0 aliphatic carbocycles. The molecule has 1 atom stereocenters. The number of nitrogens with zero attached hydrogens (tertiary/aromatic N) is 1. The lowest BCUT2D eigenvalue weighted by Gasteiger charge is -2.24. The Bertz CT molecular complexity index is 438. The number of nitrogens with one attached hydrogen (secondary N) is 1. The number of rotatable bonds is 6. The van der Waals surface area contributed by atoms with E-state index in [9.17, 15) is 4.79 Å². The number of carbonyl (C=O) groups excluding carboxylic acids is 1. The minimum Gasteiger partial charge on any atom is -0.350 e. The summed E-state index contributed by atoms with van der Waals surface area (Å²) >= 11 is 0. The highest BCUT2D eigenvalue weighted by molar-refractivity contribution is 5.78. The Hall–Kier alpha value is -1.42. The average molecular weight is 277 g/mol. The van der Waals surface area contributed by atoms with E-state index in [0.717, 1.165) is 18.5 Å². The van der Waals surface area contributed by atoms with Crippen LogP contribution in [0.3, 0.4) is 0 Å². The first kappa shape index (κ1) is 16.6. The van der Waals surface area contributed by atoms with Gasteiger partial charge in [0, 0.05) is 12.7 Å². The molecule has 0 bridgehead atoms. The number of aromatic nitrogens is 1. The summed E-state index contributed by atoms with van der Waals surface area (Å²) in [6.45, 7) is 9.31. The second-order valence-electron chi connectivity index (χ2n) is 6.38. The van der Waals surface area contributed by atoms with Crippen LogP contribution in [-0.2, 0) is 17.8 Å². The van der Waals surface area contributed by atoms with Gasteiger partial charge in [-0.1, -0.05) is 33.8 Å². The van der Waals surface area contributed by atoms with Crippen LogP contribution in [0, 0.1) is 11.3 Å². The van der Waals surface area contributed by atoms with Gasteiger partial charge >= 0.3 is 0 Å². The van der Waals surface area contributed by atoms with Crippen LogP contribution in [0.2, 0.25) is 0 Å². The maximum absolute atomic E-state index is 12.2. The van der Waals surface area contributed by atoms with Gasteiger partial charge in [-0.15, -0.1) is 0 Å². The molecular weight excluding hydrogens is 250 g/mol. The number of nitrogens with two attached hydrogens (primary N) is 1. The Morgan fingerprint density at radius 3 is 2.70 bits per heavy atom. The van der Waals surface area contributed by atoms with Gasteiger partial charge in [-0.25, -0.2) is 0 Å². The summed E-state index contributed by atoms with van der Waals surface area (Å²) in [7, 11) is 0. The summed E-state index contributed by atoms with van der Waals surface area (Å²) in [5, 5.41) is 2.97. The summed E-state index contributed by atoms with van der Waals surface area (Å²) < 4.78 is 0. The first-order valence-electron chi connectivity index (χ1n) is 7.28. The summed E-state index contributed by atoms with van der Waals surface area (Å²) in [6.07, 6.45) is 3.47. The zero-order valence-electron chi connectivity index (χ0n) is 13.1. The van der Waals surface area contributed by atoms with Crippen LogP contribution in [0.15, 0.2) is 18.3 Å². The standard InChI is InChI=1S/C16H27N3O/c1-5-12-7-6-8-18-14(12)11-19-15(20)13(10-17)9-16(2,3)4/h6-8,13H,5,9-11,17H2,1-4H3,(H,19,20). The molecule has 1 aromatic heterocycles. The molecule has 0 saturated heterocycles. The van der Waals surface area contributed by atoms with Gasteiger partial charge in [-0.3, -0.25) is 9.78 Å². The molecule has 1 aromatic rings. The lowest BCUT2D eigenvalue weighted by molar-refractivity contribution is -0.125. The van der Waals surface area contributed by atoms with Crippen molar-refractivity contribution in [3.8, 4) is 0 Å². The number of aryl methyl sites for hydroxylation is 1. The van der Waals surface area contributed by atoms with Gasteiger partial charge < -0.3 is 11.1 Å². The maximum Gasteiger partial charge on any atom is 0.224 e. The molecular formula is C16H27N3O. The van der Waals surface area contributed by atoms with Crippen LogP contribution in [0.25, 0.3) is 0 Å². The SMILES string of the molecule is CCc1cccnc1CNC(=O)C(CN)CC(C)(C)C. The Labute approximate surface area is 122 Å². The molecule has 1 rings (SSSR count). The zero-order chi connectivity index (χ0) is 15.2. The molecule has 0 saturated carbocycles. The quantitative estimate of drug-likeness (QED) is 0.838. The van der Waals surface area contributed by atoms with E-state index >= 15 is 0 Å². The lowest BCUT2D eigenvalue weighted by atomic mass is 9.84. The van der Waals surface area contributed by atoms with Gasteiger partial charge in [0.25, 0.3) is 0 Å². The highest BCUT2D eigenvalue weighted by atomic mass is 16.1. The second kappa shape index (κ2) is 7.39. The van der Waals surface area contributed by atoms with Crippen molar-refractivity contribution < 1.29 is 4.79 Å². The molecule has 1 unspecified atom stereocenters. The van der Waals surface area contributed by atoms with E-state index in [0.29, 0.717) is 13.1 Å². The topological polar surface area (TPSA) is 68.0 Å². The predicted molar refractivity (Wildman–Crippen MR) is 82.1 cm³/mol. The van der Waals surface area contributed by atoms with Gasteiger partial charge in [0.1, 0.15) is 0 Å². The van der Waals surface area contributed by atoms with E-state index in [1.807, 2.05) is 12.1 Å². The average Bonchev–Trinajstić information content (AvgIpc) is 2.41. The number of pyridine rings is 1. The number of amides is 1. The third-order valence-corrected chi connectivity index (χ3v) is 3.31. The Balaban J connectivity index is 2.61. The van der Waals surface area contributed by atoms with E-state index in [1.165, 1.54) is 5.56 Å². The third-order valence-electron chi connectivity index (χ3n) is 3.31. The van der Waals surface area contributed by atoms with Crippen LogP contribution >= 0.6 is 0 Å². The van der Waals surface area contributed by atoms with Gasteiger partial charge in [0.15, 0.2) is 0 Å². The smallest absolute Gasteiger partial charge is 0.224 e.